The fraction of sp³-hybridized carbons (Fsp3) is 0.405. The number of anilines is 1. The highest BCUT2D eigenvalue weighted by atomic mass is 19.4. The summed E-state index contributed by atoms with van der Waals surface area (Å²) >= 11 is 0. The van der Waals surface area contributed by atoms with E-state index < -0.39 is 64.8 Å². The third kappa shape index (κ3) is 7.25. The second-order valence-electron chi connectivity index (χ2n) is 12.8. The molecule has 4 atom stereocenters. The van der Waals surface area contributed by atoms with E-state index >= 15 is 0 Å². The molecular formula is C37H35F6NO6. The number of benzene rings is 2. The Morgan fingerprint density at radius 2 is 1.64 bits per heavy atom. The number of ether oxygens (including phenoxy) is 2. The van der Waals surface area contributed by atoms with Crippen molar-refractivity contribution in [3.63, 3.8) is 0 Å². The van der Waals surface area contributed by atoms with Crippen molar-refractivity contribution in [3.8, 4) is 5.75 Å². The van der Waals surface area contributed by atoms with E-state index in [4.69, 9.17) is 13.9 Å². The van der Waals surface area contributed by atoms with E-state index in [0.29, 0.717) is 52.7 Å². The number of hydrogen-bond acceptors (Lipinski definition) is 6. The normalized spacial score (nSPS) is 22.7. The molecule has 13 heteroatoms. The number of hydrogen-bond donors (Lipinski definition) is 1. The van der Waals surface area contributed by atoms with Crippen LogP contribution < -0.4 is 9.64 Å². The summed E-state index contributed by atoms with van der Waals surface area (Å²) in [6.07, 6.45) is -6.11. The van der Waals surface area contributed by atoms with Crippen LogP contribution in [0.1, 0.15) is 61.7 Å². The lowest BCUT2D eigenvalue weighted by atomic mass is 9.69. The predicted molar refractivity (Wildman–Crippen MR) is 169 cm³/mol. The summed E-state index contributed by atoms with van der Waals surface area (Å²) in [5, 5.41) is 9.37. The lowest BCUT2D eigenvalue weighted by Crippen LogP contribution is -2.35. The average molecular weight is 704 g/mol. The van der Waals surface area contributed by atoms with Crippen LogP contribution in [-0.4, -0.2) is 36.2 Å². The van der Waals surface area contributed by atoms with Crippen molar-refractivity contribution in [2.24, 2.45) is 17.8 Å². The molecule has 1 aliphatic carbocycles. The van der Waals surface area contributed by atoms with Gasteiger partial charge in [-0.2, -0.15) is 26.3 Å². The van der Waals surface area contributed by atoms with Gasteiger partial charge in [-0.25, -0.2) is 4.90 Å². The summed E-state index contributed by atoms with van der Waals surface area (Å²) in [6, 6.07) is 13.2. The van der Waals surface area contributed by atoms with Crippen LogP contribution in [0.2, 0.25) is 0 Å². The number of allylic oxidation sites excluding steroid dienone is 1. The van der Waals surface area contributed by atoms with Gasteiger partial charge in [0.2, 0.25) is 11.8 Å². The number of aliphatic hydroxyl groups excluding tert-OH is 1. The fourth-order valence-corrected chi connectivity index (χ4v) is 7.28. The number of carbonyl (C=O) groups is 2. The standard InChI is InChI=1S/C37H35F6NO6/c1-2-6-21(13-27-10-11-28(18-45)50-27)9-12-31-32-22(19-48-26-7-4-3-5-8-26)14-29-33(30(32)20-49-31)35(47)44(34(29)46)25-16-23(36(38,39)40)15-24(17-25)37(41,42)43/h3-5,7-8,10-11,13,15-17,29-31,33,45H,2,6,9,12,14,18-20H2,1H3/b21-13+/t29-,30+,31-,33-/m1/s1. The molecule has 266 valence electrons. The lowest BCUT2D eigenvalue weighted by Gasteiger charge is -2.31. The quantitative estimate of drug-likeness (QED) is 0.123. The number of aliphatic hydroxyl groups is 1. The number of rotatable bonds is 11. The van der Waals surface area contributed by atoms with Crippen LogP contribution in [0.3, 0.4) is 0 Å². The summed E-state index contributed by atoms with van der Waals surface area (Å²) in [4.78, 5) is 28.3. The van der Waals surface area contributed by atoms with Crippen molar-refractivity contribution in [1.29, 1.82) is 0 Å². The second-order valence-corrected chi connectivity index (χ2v) is 12.8. The first-order valence-electron chi connectivity index (χ1n) is 16.4. The number of furan rings is 1. The average Bonchev–Trinajstić information content (AvgIpc) is 3.78. The molecule has 6 rings (SSSR count). The zero-order valence-corrected chi connectivity index (χ0v) is 27.0. The highest BCUT2D eigenvalue weighted by Crippen LogP contribution is 2.51. The Kier molecular flexibility index (Phi) is 10.0. The minimum absolute atomic E-state index is 0.0311. The van der Waals surface area contributed by atoms with Crippen LogP contribution in [-0.2, 0) is 33.3 Å². The zero-order chi connectivity index (χ0) is 35.8. The minimum atomic E-state index is -5.15. The molecule has 2 aromatic carbocycles. The van der Waals surface area contributed by atoms with Crippen LogP contribution in [0, 0.1) is 17.8 Å². The molecule has 2 aliphatic heterocycles. The number of imide groups is 1. The molecule has 0 bridgehead atoms. The molecule has 3 aromatic rings. The Hall–Kier alpha value is -4.36. The van der Waals surface area contributed by atoms with E-state index in [1.807, 2.05) is 19.1 Å². The molecule has 2 amide bonds. The number of alkyl halides is 6. The molecule has 1 N–H and O–H groups in total. The van der Waals surface area contributed by atoms with Gasteiger partial charge in [-0.3, -0.25) is 9.59 Å². The van der Waals surface area contributed by atoms with Crippen molar-refractivity contribution in [2.45, 2.75) is 64.1 Å². The van der Waals surface area contributed by atoms with E-state index in [1.54, 1.807) is 36.4 Å². The molecule has 2 saturated heterocycles. The van der Waals surface area contributed by atoms with E-state index in [0.717, 1.165) is 24.0 Å². The van der Waals surface area contributed by atoms with Gasteiger partial charge in [-0.1, -0.05) is 37.1 Å². The Bertz CT molecular complexity index is 1760. The SMILES string of the molecule is CCC/C(=C\c1ccc(CO)o1)CC[C@H]1OC[C@H]2C1=C(COc1ccccc1)C[C@H]1C(=O)N(c3cc(C(F)(F)F)cc(C(F)(F)F)c3)C(=O)[C@H]12. The number of carbonyl (C=O) groups excluding carboxylic acids is 2. The first-order valence-corrected chi connectivity index (χ1v) is 16.4. The predicted octanol–water partition coefficient (Wildman–Crippen LogP) is 8.37. The molecule has 1 aromatic heterocycles. The molecule has 3 aliphatic rings. The second kappa shape index (κ2) is 14.1. The van der Waals surface area contributed by atoms with Crippen LogP contribution in [0.5, 0.6) is 5.75 Å². The maximum absolute atomic E-state index is 14.0. The fourth-order valence-electron chi connectivity index (χ4n) is 7.28. The number of amides is 2. The maximum Gasteiger partial charge on any atom is 0.416 e. The summed E-state index contributed by atoms with van der Waals surface area (Å²) in [5.41, 5.74) is -1.44. The van der Waals surface area contributed by atoms with Crippen molar-refractivity contribution in [3.05, 3.63) is 100 Å². The van der Waals surface area contributed by atoms with Crippen molar-refractivity contribution >= 4 is 23.6 Å². The lowest BCUT2D eigenvalue weighted by molar-refractivity contribution is -0.143. The first kappa shape index (κ1) is 35.5. The van der Waals surface area contributed by atoms with Gasteiger partial charge in [0.05, 0.1) is 41.4 Å². The largest absolute Gasteiger partial charge is 0.489 e. The molecular weight excluding hydrogens is 668 g/mol. The molecule has 0 saturated carbocycles. The Morgan fingerprint density at radius 1 is 0.940 bits per heavy atom. The highest BCUT2D eigenvalue weighted by Gasteiger charge is 2.57. The van der Waals surface area contributed by atoms with Crippen LogP contribution >= 0.6 is 0 Å². The van der Waals surface area contributed by atoms with Crippen LogP contribution in [0.15, 0.2) is 81.8 Å². The van der Waals surface area contributed by atoms with E-state index in [2.05, 4.69) is 0 Å². The van der Waals surface area contributed by atoms with E-state index in [9.17, 15) is 41.0 Å². The Balaban J connectivity index is 1.32. The summed E-state index contributed by atoms with van der Waals surface area (Å²) in [6.45, 7) is 1.91. The molecule has 0 spiro atoms. The topological polar surface area (TPSA) is 89.2 Å². The highest BCUT2D eigenvalue weighted by molar-refractivity contribution is 6.22. The number of halogens is 6. The Labute approximate surface area is 284 Å². The van der Waals surface area contributed by atoms with Crippen molar-refractivity contribution in [2.75, 3.05) is 18.1 Å². The maximum atomic E-state index is 14.0. The van der Waals surface area contributed by atoms with Gasteiger partial charge in [-0.05, 0) is 85.4 Å². The minimum Gasteiger partial charge on any atom is -0.489 e. The zero-order valence-electron chi connectivity index (χ0n) is 27.0. The smallest absolute Gasteiger partial charge is 0.416 e. The van der Waals surface area contributed by atoms with Crippen LogP contribution in [0.25, 0.3) is 6.08 Å². The molecule has 0 radical (unpaired) electrons. The van der Waals surface area contributed by atoms with Gasteiger partial charge in [0, 0.05) is 5.92 Å². The third-order valence-electron chi connectivity index (χ3n) is 9.48. The molecule has 50 heavy (non-hydrogen) atoms. The van der Waals surface area contributed by atoms with Gasteiger partial charge in [0.25, 0.3) is 0 Å². The van der Waals surface area contributed by atoms with Gasteiger partial charge < -0.3 is 19.0 Å². The Morgan fingerprint density at radius 3 is 2.26 bits per heavy atom. The molecule has 7 nitrogen and oxygen atoms in total. The van der Waals surface area contributed by atoms with Crippen molar-refractivity contribution in [1.82, 2.24) is 0 Å². The molecule has 0 unspecified atom stereocenters. The number of fused-ring (bicyclic) bond motifs is 3. The van der Waals surface area contributed by atoms with Gasteiger partial charge in [-0.15, -0.1) is 0 Å². The third-order valence-corrected chi connectivity index (χ3v) is 9.48. The van der Waals surface area contributed by atoms with E-state index in [-0.39, 0.29) is 32.3 Å². The first-order chi connectivity index (χ1) is 23.8. The monoisotopic (exact) mass is 703 g/mol. The summed E-state index contributed by atoms with van der Waals surface area (Å²) in [7, 11) is 0. The number of nitrogens with zero attached hydrogens (tertiary/aromatic N) is 1. The van der Waals surface area contributed by atoms with E-state index in [1.165, 1.54) is 0 Å². The molecule has 2 fully saturated rings. The summed E-state index contributed by atoms with van der Waals surface area (Å²) < 4.78 is 100. The van der Waals surface area contributed by atoms with Crippen LogP contribution in [0.4, 0.5) is 32.0 Å². The van der Waals surface area contributed by atoms with Gasteiger partial charge in [0.1, 0.15) is 30.5 Å². The summed E-state index contributed by atoms with van der Waals surface area (Å²) in [5.74, 6) is -2.81. The van der Waals surface area contributed by atoms with Gasteiger partial charge >= 0.3 is 12.4 Å². The molecule has 3 heterocycles. The van der Waals surface area contributed by atoms with Crippen molar-refractivity contribution < 1.29 is 54.9 Å². The number of para-hydroxylation sites is 1. The van der Waals surface area contributed by atoms with Gasteiger partial charge in [0.15, 0.2) is 0 Å².